The Morgan fingerprint density at radius 2 is 1.77 bits per heavy atom. The molecule has 31 heavy (non-hydrogen) atoms. The van der Waals surface area contributed by atoms with Crippen molar-refractivity contribution in [3.05, 3.63) is 59.2 Å². The van der Waals surface area contributed by atoms with Crippen LogP contribution >= 0.6 is 0 Å². The second kappa shape index (κ2) is 9.06. The van der Waals surface area contributed by atoms with Crippen LogP contribution < -0.4 is 24.7 Å². The van der Waals surface area contributed by atoms with Crippen LogP contribution in [0.5, 0.6) is 23.0 Å². The monoisotopic (exact) mass is 423 g/mol. The molecule has 0 spiro atoms. The van der Waals surface area contributed by atoms with Crippen molar-refractivity contribution in [1.29, 1.82) is 0 Å². The first kappa shape index (κ1) is 22.1. The maximum absolute atomic E-state index is 13.0. The van der Waals surface area contributed by atoms with E-state index in [-0.39, 0.29) is 18.1 Å². The van der Waals surface area contributed by atoms with Crippen molar-refractivity contribution in [2.45, 2.75) is 19.4 Å². The van der Waals surface area contributed by atoms with Gasteiger partial charge in [-0.1, -0.05) is 12.1 Å². The van der Waals surface area contributed by atoms with Gasteiger partial charge in [-0.25, -0.2) is 0 Å². The zero-order valence-corrected chi connectivity index (χ0v) is 17.9. The van der Waals surface area contributed by atoms with E-state index in [2.05, 4.69) is 0 Å². The van der Waals surface area contributed by atoms with Gasteiger partial charge in [-0.05, 0) is 61.9 Å². The van der Waals surface area contributed by atoms with E-state index in [0.717, 1.165) is 5.56 Å². The van der Waals surface area contributed by atoms with Gasteiger partial charge in [0.05, 0.1) is 31.9 Å². The fourth-order valence-corrected chi connectivity index (χ4v) is 3.11. The Bertz CT molecular complexity index is 1070. The standard InChI is InChI=1S/C24H25NO6/c1-24(2)12-11-17-19(28-3)10-7-16(23(17)31-24)18(26)8-5-15-6-9-20(29-4)21(13-15)30-22(27)14-25/h5-13H,14,25H2,1-4H3/b8-5+. The predicted molar refractivity (Wildman–Crippen MR) is 118 cm³/mol. The van der Waals surface area contributed by atoms with E-state index in [1.165, 1.54) is 13.2 Å². The molecule has 162 valence electrons. The van der Waals surface area contributed by atoms with Crippen molar-refractivity contribution in [2.75, 3.05) is 20.8 Å². The molecule has 0 saturated carbocycles. The number of hydrogen-bond acceptors (Lipinski definition) is 7. The Labute approximate surface area is 181 Å². The molecule has 7 nitrogen and oxygen atoms in total. The van der Waals surface area contributed by atoms with Gasteiger partial charge in [-0.2, -0.15) is 0 Å². The summed E-state index contributed by atoms with van der Waals surface area (Å²) in [4.78, 5) is 24.5. The number of esters is 1. The third kappa shape index (κ3) is 4.95. The first-order chi connectivity index (χ1) is 14.8. The predicted octanol–water partition coefficient (Wildman–Crippen LogP) is 3.65. The Hall–Kier alpha value is -3.58. The zero-order chi connectivity index (χ0) is 22.6. The summed E-state index contributed by atoms with van der Waals surface area (Å²) in [6.45, 7) is 3.57. The molecule has 0 saturated heterocycles. The van der Waals surface area contributed by atoms with Gasteiger partial charge in [0.2, 0.25) is 0 Å². The summed E-state index contributed by atoms with van der Waals surface area (Å²) in [5.41, 5.74) is 6.56. The number of carbonyl (C=O) groups excluding carboxylic acids is 2. The summed E-state index contributed by atoms with van der Waals surface area (Å²) >= 11 is 0. The molecular formula is C24H25NO6. The highest BCUT2D eigenvalue weighted by Gasteiger charge is 2.27. The first-order valence-corrected chi connectivity index (χ1v) is 9.68. The maximum Gasteiger partial charge on any atom is 0.325 e. The molecule has 0 fully saturated rings. The third-order valence-electron chi connectivity index (χ3n) is 4.66. The summed E-state index contributed by atoms with van der Waals surface area (Å²) in [7, 11) is 3.04. The largest absolute Gasteiger partial charge is 0.496 e. The number of hydrogen-bond donors (Lipinski definition) is 1. The fourth-order valence-electron chi connectivity index (χ4n) is 3.11. The highest BCUT2D eigenvalue weighted by molar-refractivity contribution is 6.09. The second-order valence-electron chi connectivity index (χ2n) is 7.38. The molecule has 0 unspecified atom stereocenters. The van der Waals surface area contributed by atoms with Crippen molar-refractivity contribution in [3.8, 4) is 23.0 Å². The van der Waals surface area contributed by atoms with Crippen LogP contribution in [0.25, 0.3) is 12.2 Å². The molecule has 0 aliphatic carbocycles. The normalized spacial score (nSPS) is 14.0. The van der Waals surface area contributed by atoms with Crippen LogP contribution in [0, 0.1) is 0 Å². The molecule has 0 radical (unpaired) electrons. The van der Waals surface area contributed by atoms with Gasteiger partial charge in [0, 0.05) is 0 Å². The van der Waals surface area contributed by atoms with Crippen molar-refractivity contribution < 1.29 is 28.5 Å². The van der Waals surface area contributed by atoms with Gasteiger partial charge in [-0.3, -0.25) is 9.59 Å². The maximum atomic E-state index is 13.0. The Balaban J connectivity index is 1.91. The lowest BCUT2D eigenvalue weighted by molar-refractivity contribution is -0.132. The molecule has 2 aromatic rings. The number of ketones is 1. The molecule has 1 aliphatic heterocycles. The van der Waals surface area contributed by atoms with Crippen LogP contribution in [-0.4, -0.2) is 38.1 Å². The van der Waals surface area contributed by atoms with Crippen LogP contribution in [0.3, 0.4) is 0 Å². The number of methoxy groups -OCH3 is 2. The van der Waals surface area contributed by atoms with Crippen LogP contribution in [0.15, 0.2) is 42.5 Å². The minimum Gasteiger partial charge on any atom is -0.496 e. The smallest absolute Gasteiger partial charge is 0.325 e. The molecule has 0 amide bonds. The van der Waals surface area contributed by atoms with Crippen molar-refractivity contribution >= 4 is 23.9 Å². The molecule has 1 aliphatic rings. The van der Waals surface area contributed by atoms with Gasteiger partial charge in [0.15, 0.2) is 17.3 Å². The van der Waals surface area contributed by atoms with E-state index in [1.807, 2.05) is 26.0 Å². The van der Waals surface area contributed by atoms with Crippen molar-refractivity contribution in [3.63, 3.8) is 0 Å². The number of nitrogens with two attached hydrogens (primary N) is 1. The zero-order valence-electron chi connectivity index (χ0n) is 17.9. The van der Waals surface area contributed by atoms with E-state index < -0.39 is 11.6 Å². The van der Waals surface area contributed by atoms with E-state index >= 15 is 0 Å². The minimum atomic E-state index is -0.590. The van der Waals surface area contributed by atoms with Crippen LogP contribution in [0.2, 0.25) is 0 Å². The molecule has 1 heterocycles. The molecule has 2 N–H and O–H groups in total. The van der Waals surface area contributed by atoms with Crippen LogP contribution in [-0.2, 0) is 4.79 Å². The number of benzene rings is 2. The Morgan fingerprint density at radius 3 is 2.45 bits per heavy atom. The van der Waals surface area contributed by atoms with E-state index in [4.69, 9.17) is 24.7 Å². The fraction of sp³-hybridized carbons (Fsp3) is 0.250. The first-order valence-electron chi connectivity index (χ1n) is 9.68. The minimum absolute atomic E-state index is 0.226. The SMILES string of the molecule is COc1ccc(/C=C/C(=O)c2ccc(OC)c3c2OC(C)(C)C=C3)cc1OC(=O)CN. The molecule has 7 heteroatoms. The van der Waals surface area contributed by atoms with Gasteiger partial charge >= 0.3 is 5.97 Å². The van der Waals surface area contributed by atoms with E-state index in [9.17, 15) is 9.59 Å². The number of allylic oxidation sites excluding steroid dienone is 1. The number of carbonyl (C=O) groups is 2. The summed E-state index contributed by atoms with van der Waals surface area (Å²) in [5, 5.41) is 0. The number of rotatable bonds is 7. The highest BCUT2D eigenvalue weighted by atomic mass is 16.6. The topological polar surface area (TPSA) is 97.1 Å². The molecule has 2 aromatic carbocycles. The van der Waals surface area contributed by atoms with Crippen molar-refractivity contribution in [2.24, 2.45) is 5.73 Å². The molecule has 0 aromatic heterocycles. The highest BCUT2D eigenvalue weighted by Crippen LogP contribution is 2.40. The molecule has 0 bridgehead atoms. The van der Waals surface area contributed by atoms with Gasteiger partial charge in [0.25, 0.3) is 0 Å². The second-order valence-corrected chi connectivity index (χ2v) is 7.38. The lowest BCUT2D eigenvalue weighted by atomic mass is 9.97. The van der Waals surface area contributed by atoms with E-state index in [1.54, 1.807) is 43.5 Å². The third-order valence-corrected chi connectivity index (χ3v) is 4.66. The summed E-state index contributed by atoms with van der Waals surface area (Å²) < 4.78 is 21.9. The molecule has 3 rings (SSSR count). The van der Waals surface area contributed by atoms with Crippen LogP contribution in [0.4, 0.5) is 0 Å². The van der Waals surface area contributed by atoms with Gasteiger partial charge in [-0.15, -0.1) is 0 Å². The number of fused-ring (bicyclic) bond motifs is 1. The number of ether oxygens (including phenoxy) is 4. The Kier molecular flexibility index (Phi) is 6.46. The summed E-state index contributed by atoms with van der Waals surface area (Å²) in [6.07, 6.45) is 6.89. The quantitative estimate of drug-likeness (QED) is 0.314. The molecular weight excluding hydrogens is 398 g/mol. The summed E-state index contributed by atoms with van der Waals surface area (Å²) in [6, 6.07) is 8.41. The average Bonchev–Trinajstić information content (AvgIpc) is 2.75. The molecule has 0 atom stereocenters. The van der Waals surface area contributed by atoms with E-state index in [0.29, 0.717) is 28.4 Å². The average molecular weight is 423 g/mol. The lowest BCUT2D eigenvalue weighted by Crippen LogP contribution is -2.28. The van der Waals surface area contributed by atoms with Crippen molar-refractivity contribution in [1.82, 2.24) is 0 Å². The van der Waals surface area contributed by atoms with Gasteiger partial charge in [0.1, 0.15) is 17.1 Å². The lowest BCUT2D eigenvalue weighted by Gasteiger charge is -2.29. The Morgan fingerprint density at radius 1 is 1.06 bits per heavy atom. The van der Waals surface area contributed by atoms with Crippen LogP contribution in [0.1, 0.15) is 35.3 Å². The van der Waals surface area contributed by atoms with Gasteiger partial charge < -0.3 is 24.7 Å². The summed E-state index contributed by atoms with van der Waals surface area (Å²) in [5.74, 6) is 0.897.